The summed E-state index contributed by atoms with van der Waals surface area (Å²) >= 11 is 0. The number of terminal acetylenes is 1. The van der Waals surface area contributed by atoms with Gasteiger partial charge in [0.1, 0.15) is 5.69 Å². The van der Waals surface area contributed by atoms with Crippen LogP contribution in [0.15, 0.2) is 47.3 Å². The van der Waals surface area contributed by atoms with Gasteiger partial charge in [-0.25, -0.2) is 0 Å². The third-order valence-corrected chi connectivity index (χ3v) is 2.38. The second kappa shape index (κ2) is 5.65. The maximum atomic E-state index is 11.7. The van der Waals surface area contributed by atoms with Crippen LogP contribution >= 0.6 is 0 Å². The second-order valence-corrected chi connectivity index (χ2v) is 3.69. The van der Waals surface area contributed by atoms with Crippen molar-refractivity contribution in [1.82, 2.24) is 15.1 Å². The fourth-order valence-electron chi connectivity index (χ4n) is 1.51. The predicted molar refractivity (Wildman–Crippen MR) is 71.0 cm³/mol. The summed E-state index contributed by atoms with van der Waals surface area (Å²) in [7, 11) is 0. The first-order valence-corrected chi connectivity index (χ1v) is 5.60. The molecule has 5 nitrogen and oxygen atoms in total. The zero-order valence-electron chi connectivity index (χ0n) is 10.0. The first-order chi connectivity index (χ1) is 9.22. The van der Waals surface area contributed by atoms with Crippen LogP contribution in [0.4, 0.5) is 0 Å². The lowest BCUT2D eigenvalue weighted by Crippen LogP contribution is -2.29. The van der Waals surface area contributed by atoms with Gasteiger partial charge in [-0.2, -0.15) is 9.78 Å². The summed E-state index contributed by atoms with van der Waals surface area (Å²) in [6.45, 7) is 0.116. The maximum Gasteiger partial charge on any atom is 0.272 e. The molecule has 1 aromatic carbocycles. The first kappa shape index (κ1) is 12.6. The molecule has 2 aromatic rings. The number of carbonyl (C=O) groups is 1. The van der Waals surface area contributed by atoms with E-state index in [1.165, 1.54) is 16.8 Å². The number of para-hydroxylation sites is 1. The largest absolute Gasteiger partial charge is 0.340 e. The number of benzene rings is 1. The fraction of sp³-hybridized carbons (Fsp3) is 0.0714. The third kappa shape index (κ3) is 2.87. The second-order valence-electron chi connectivity index (χ2n) is 3.69. The van der Waals surface area contributed by atoms with Crippen molar-refractivity contribution in [1.29, 1.82) is 0 Å². The van der Waals surface area contributed by atoms with E-state index < -0.39 is 5.91 Å². The van der Waals surface area contributed by atoms with E-state index in [4.69, 9.17) is 6.42 Å². The first-order valence-electron chi connectivity index (χ1n) is 5.60. The average molecular weight is 253 g/mol. The van der Waals surface area contributed by atoms with Gasteiger partial charge in [0.25, 0.3) is 11.5 Å². The summed E-state index contributed by atoms with van der Waals surface area (Å²) in [4.78, 5) is 23.5. The topological polar surface area (TPSA) is 64.0 Å². The van der Waals surface area contributed by atoms with Gasteiger partial charge in [-0.15, -0.1) is 6.42 Å². The molecule has 0 aliphatic carbocycles. The summed E-state index contributed by atoms with van der Waals surface area (Å²) in [6, 6.07) is 11.5. The molecule has 1 heterocycles. The number of hydrogen-bond acceptors (Lipinski definition) is 3. The SMILES string of the molecule is C#CCNC(=O)c1ccc(=O)n(-c2ccccc2)n1. The number of nitrogens with one attached hydrogen (secondary N) is 1. The van der Waals surface area contributed by atoms with E-state index in [1.807, 2.05) is 6.07 Å². The molecule has 0 aliphatic rings. The summed E-state index contributed by atoms with van der Waals surface area (Å²) in [5, 5.41) is 6.51. The van der Waals surface area contributed by atoms with Crippen molar-refractivity contribution in [3.8, 4) is 18.0 Å². The molecular weight excluding hydrogens is 242 g/mol. The normalized spacial score (nSPS) is 9.63. The van der Waals surface area contributed by atoms with Gasteiger partial charge in [0, 0.05) is 6.07 Å². The van der Waals surface area contributed by atoms with Crippen LogP contribution in [0, 0.1) is 12.3 Å². The summed E-state index contributed by atoms with van der Waals surface area (Å²) < 4.78 is 1.17. The molecule has 0 saturated carbocycles. The van der Waals surface area contributed by atoms with Gasteiger partial charge in [-0.3, -0.25) is 9.59 Å². The van der Waals surface area contributed by atoms with Gasteiger partial charge in [0.15, 0.2) is 0 Å². The smallest absolute Gasteiger partial charge is 0.272 e. The standard InChI is InChI=1S/C14H11N3O2/c1-2-10-15-14(19)12-8-9-13(18)17(16-12)11-6-4-3-5-7-11/h1,3-9H,10H2,(H,15,19). The van der Waals surface area contributed by atoms with Crippen LogP contribution in [0.1, 0.15) is 10.5 Å². The van der Waals surface area contributed by atoms with Crippen LogP contribution < -0.4 is 10.9 Å². The molecule has 2 rings (SSSR count). The lowest BCUT2D eigenvalue weighted by molar-refractivity contribution is 0.0952. The van der Waals surface area contributed by atoms with Crippen LogP contribution in [-0.2, 0) is 0 Å². The van der Waals surface area contributed by atoms with Crippen molar-refractivity contribution < 1.29 is 4.79 Å². The predicted octanol–water partition coefficient (Wildman–Crippen LogP) is 0.595. The molecule has 5 heteroatoms. The van der Waals surface area contributed by atoms with Crippen LogP contribution in [0.25, 0.3) is 5.69 Å². The number of carbonyl (C=O) groups excluding carboxylic acids is 1. The molecule has 0 radical (unpaired) electrons. The van der Waals surface area contributed by atoms with Gasteiger partial charge in [0.2, 0.25) is 0 Å². The molecule has 19 heavy (non-hydrogen) atoms. The number of amides is 1. The van der Waals surface area contributed by atoms with Crippen molar-refractivity contribution in [3.05, 3.63) is 58.5 Å². The Bertz CT molecular complexity index is 684. The van der Waals surface area contributed by atoms with E-state index in [0.29, 0.717) is 5.69 Å². The van der Waals surface area contributed by atoms with Gasteiger partial charge < -0.3 is 5.32 Å². The molecule has 0 fully saturated rings. The van der Waals surface area contributed by atoms with Crippen molar-refractivity contribution in [2.24, 2.45) is 0 Å². The van der Waals surface area contributed by atoms with Gasteiger partial charge in [-0.05, 0) is 18.2 Å². The monoisotopic (exact) mass is 253 g/mol. The Hall–Kier alpha value is -2.87. The average Bonchev–Trinajstić information content (AvgIpc) is 2.46. The van der Waals surface area contributed by atoms with Gasteiger partial charge >= 0.3 is 0 Å². The Morgan fingerprint density at radius 1 is 1.26 bits per heavy atom. The highest BCUT2D eigenvalue weighted by Crippen LogP contribution is 2.02. The Morgan fingerprint density at radius 3 is 2.68 bits per heavy atom. The summed E-state index contributed by atoms with van der Waals surface area (Å²) in [6.07, 6.45) is 5.06. The Balaban J connectivity index is 2.39. The van der Waals surface area contributed by atoms with E-state index in [0.717, 1.165) is 0 Å². The van der Waals surface area contributed by atoms with Crippen molar-refractivity contribution in [2.75, 3.05) is 6.54 Å². The zero-order chi connectivity index (χ0) is 13.7. The van der Waals surface area contributed by atoms with E-state index in [-0.39, 0.29) is 17.8 Å². The highest BCUT2D eigenvalue weighted by molar-refractivity contribution is 5.92. The minimum Gasteiger partial charge on any atom is -0.340 e. The van der Waals surface area contributed by atoms with Crippen LogP contribution in [0.2, 0.25) is 0 Å². The van der Waals surface area contributed by atoms with E-state index in [1.54, 1.807) is 24.3 Å². The molecule has 0 spiro atoms. The molecule has 94 valence electrons. The molecule has 1 aromatic heterocycles. The van der Waals surface area contributed by atoms with Crippen molar-refractivity contribution >= 4 is 5.91 Å². The van der Waals surface area contributed by atoms with Crippen LogP contribution in [0.3, 0.4) is 0 Å². The van der Waals surface area contributed by atoms with Crippen LogP contribution in [-0.4, -0.2) is 22.2 Å². The Morgan fingerprint density at radius 2 is 2.00 bits per heavy atom. The number of nitrogens with zero attached hydrogens (tertiary/aromatic N) is 2. The number of hydrogen-bond donors (Lipinski definition) is 1. The summed E-state index contributed by atoms with van der Waals surface area (Å²) in [5.74, 6) is 1.88. The van der Waals surface area contributed by atoms with Crippen molar-refractivity contribution in [3.63, 3.8) is 0 Å². The molecule has 1 N–H and O–H groups in total. The van der Waals surface area contributed by atoms with E-state index >= 15 is 0 Å². The number of rotatable bonds is 3. The van der Waals surface area contributed by atoms with Crippen molar-refractivity contribution in [2.45, 2.75) is 0 Å². The zero-order valence-corrected chi connectivity index (χ0v) is 10.0. The summed E-state index contributed by atoms with van der Waals surface area (Å²) in [5.41, 5.74) is 0.428. The highest BCUT2D eigenvalue weighted by Gasteiger charge is 2.09. The molecule has 0 unspecified atom stereocenters. The molecule has 0 aliphatic heterocycles. The number of aromatic nitrogens is 2. The molecule has 0 atom stereocenters. The maximum absolute atomic E-state index is 11.7. The third-order valence-electron chi connectivity index (χ3n) is 2.38. The molecule has 1 amide bonds. The Kier molecular flexibility index (Phi) is 3.74. The van der Waals surface area contributed by atoms with Gasteiger partial charge in [0.05, 0.1) is 12.2 Å². The van der Waals surface area contributed by atoms with Gasteiger partial charge in [-0.1, -0.05) is 24.1 Å². The Labute approximate surface area is 109 Å². The molecule has 0 bridgehead atoms. The lowest BCUT2D eigenvalue weighted by Gasteiger charge is -2.06. The van der Waals surface area contributed by atoms with E-state index in [2.05, 4.69) is 16.3 Å². The molecular formula is C14H11N3O2. The quantitative estimate of drug-likeness (QED) is 0.814. The lowest BCUT2D eigenvalue weighted by atomic mass is 10.3. The molecule has 0 saturated heterocycles. The highest BCUT2D eigenvalue weighted by atomic mass is 16.2. The minimum atomic E-state index is -0.414. The van der Waals surface area contributed by atoms with Crippen LogP contribution in [0.5, 0.6) is 0 Å². The van der Waals surface area contributed by atoms with E-state index in [9.17, 15) is 9.59 Å². The minimum absolute atomic E-state index is 0.116. The fourth-order valence-corrected chi connectivity index (χ4v) is 1.51.